The SMILES string of the molecule is CCCNC(Cc1ccccc1Cl)C1(C)CC1. The standard InChI is InChI=1S/C15H22ClN/c1-3-10-17-14(15(2)8-9-15)11-12-6-4-5-7-13(12)16/h4-7,14,17H,3,8-11H2,1-2H3. The summed E-state index contributed by atoms with van der Waals surface area (Å²) in [6, 6.07) is 8.78. The predicted molar refractivity (Wildman–Crippen MR) is 74.6 cm³/mol. The van der Waals surface area contributed by atoms with Gasteiger partial charge in [0, 0.05) is 11.1 Å². The van der Waals surface area contributed by atoms with Crippen LogP contribution in [-0.2, 0) is 6.42 Å². The molecule has 0 spiro atoms. The Labute approximate surface area is 110 Å². The number of hydrogen-bond acceptors (Lipinski definition) is 1. The van der Waals surface area contributed by atoms with Gasteiger partial charge in [0.15, 0.2) is 0 Å². The molecular weight excluding hydrogens is 230 g/mol. The Morgan fingerprint density at radius 1 is 1.35 bits per heavy atom. The van der Waals surface area contributed by atoms with Crippen molar-refractivity contribution in [2.75, 3.05) is 6.54 Å². The summed E-state index contributed by atoms with van der Waals surface area (Å²) < 4.78 is 0. The number of benzene rings is 1. The van der Waals surface area contributed by atoms with Gasteiger partial charge in [0.25, 0.3) is 0 Å². The summed E-state index contributed by atoms with van der Waals surface area (Å²) in [5, 5.41) is 4.59. The van der Waals surface area contributed by atoms with Gasteiger partial charge in [-0.2, -0.15) is 0 Å². The van der Waals surface area contributed by atoms with Crippen molar-refractivity contribution in [1.82, 2.24) is 5.32 Å². The lowest BCUT2D eigenvalue weighted by atomic mass is 9.92. The van der Waals surface area contributed by atoms with Gasteiger partial charge >= 0.3 is 0 Å². The molecule has 0 bridgehead atoms. The summed E-state index contributed by atoms with van der Waals surface area (Å²) in [6.45, 7) is 5.71. The van der Waals surface area contributed by atoms with E-state index in [1.165, 1.54) is 24.8 Å². The Hall–Kier alpha value is -0.530. The van der Waals surface area contributed by atoms with Crippen LogP contribution < -0.4 is 5.32 Å². The summed E-state index contributed by atoms with van der Waals surface area (Å²) in [4.78, 5) is 0. The number of rotatable bonds is 6. The van der Waals surface area contributed by atoms with Crippen molar-refractivity contribution in [2.24, 2.45) is 5.41 Å². The van der Waals surface area contributed by atoms with Crippen molar-refractivity contribution < 1.29 is 0 Å². The minimum Gasteiger partial charge on any atom is -0.313 e. The van der Waals surface area contributed by atoms with E-state index in [-0.39, 0.29) is 0 Å². The van der Waals surface area contributed by atoms with Crippen molar-refractivity contribution in [3.05, 3.63) is 34.9 Å². The second-order valence-corrected chi connectivity index (χ2v) is 5.86. The van der Waals surface area contributed by atoms with E-state index in [1.54, 1.807) is 0 Å². The number of halogens is 1. The maximum atomic E-state index is 6.25. The first-order valence-corrected chi connectivity index (χ1v) is 7.00. The largest absolute Gasteiger partial charge is 0.313 e. The molecule has 0 amide bonds. The molecule has 1 unspecified atom stereocenters. The Morgan fingerprint density at radius 3 is 2.65 bits per heavy atom. The van der Waals surface area contributed by atoms with E-state index >= 15 is 0 Å². The van der Waals surface area contributed by atoms with Gasteiger partial charge in [0.2, 0.25) is 0 Å². The summed E-state index contributed by atoms with van der Waals surface area (Å²) >= 11 is 6.25. The first-order chi connectivity index (χ1) is 8.15. The van der Waals surface area contributed by atoms with Crippen LogP contribution >= 0.6 is 11.6 Å². The number of hydrogen-bond donors (Lipinski definition) is 1. The van der Waals surface area contributed by atoms with Crippen LogP contribution in [0.2, 0.25) is 5.02 Å². The van der Waals surface area contributed by atoms with Crippen LogP contribution in [0.25, 0.3) is 0 Å². The van der Waals surface area contributed by atoms with Gasteiger partial charge < -0.3 is 5.32 Å². The van der Waals surface area contributed by atoms with Gasteiger partial charge in [-0.3, -0.25) is 0 Å². The smallest absolute Gasteiger partial charge is 0.0438 e. The summed E-state index contributed by atoms with van der Waals surface area (Å²) in [5.74, 6) is 0. The molecule has 0 aromatic heterocycles. The molecule has 2 heteroatoms. The zero-order chi connectivity index (χ0) is 12.3. The molecule has 17 heavy (non-hydrogen) atoms. The third-order valence-electron chi connectivity index (χ3n) is 3.90. The Bertz CT molecular complexity index is 371. The average Bonchev–Trinajstić information content (AvgIpc) is 3.06. The van der Waals surface area contributed by atoms with E-state index in [0.29, 0.717) is 11.5 Å². The predicted octanol–water partition coefficient (Wildman–Crippen LogP) is 4.05. The maximum Gasteiger partial charge on any atom is 0.0438 e. The molecule has 0 aliphatic heterocycles. The highest BCUT2D eigenvalue weighted by Gasteiger charge is 2.44. The van der Waals surface area contributed by atoms with E-state index in [1.807, 2.05) is 12.1 Å². The lowest BCUT2D eigenvalue weighted by molar-refractivity contribution is 0.354. The summed E-state index contributed by atoms with van der Waals surface area (Å²) in [7, 11) is 0. The highest BCUT2D eigenvalue weighted by Crippen LogP contribution is 2.49. The molecule has 1 N–H and O–H groups in total. The van der Waals surface area contributed by atoms with Crippen molar-refractivity contribution in [2.45, 2.75) is 45.6 Å². The van der Waals surface area contributed by atoms with Crippen LogP contribution in [0.4, 0.5) is 0 Å². The Morgan fingerprint density at radius 2 is 2.06 bits per heavy atom. The van der Waals surface area contributed by atoms with Crippen LogP contribution in [0.1, 0.15) is 38.7 Å². The quantitative estimate of drug-likeness (QED) is 0.804. The van der Waals surface area contributed by atoms with Gasteiger partial charge in [-0.05, 0) is 49.3 Å². The second-order valence-electron chi connectivity index (χ2n) is 5.46. The van der Waals surface area contributed by atoms with Gasteiger partial charge in [-0.1, -0.05) is 43.6 Å². The molecule has 1 aromatic carbocycles. The molecule has 0 saturated heterocycles. The van der Waals surface area contributed by atoms with Gasteiger partial charge in [-0.25, -0.2) is 0 Å². The first-order valence-electron chi connectivity index (χ1n) is 6.62. The van der Waals surface area contributed by atoms with Crippen LogP contribution in [0.15, 0.2) is 24.3 Å². The number of nitrogens with one attached hydrogen (secondary N) is 1. The van der Waals surface area contributed by atoms with E-state index < -0.39 is 0 Å². The van der Waals surface area contributed by atoms with Crippen LogP contribution in [0.5, 0.6) is 0 Å². The lowest BCUT2D eigenvalue weighted by Gasteiger charge is -2.25. The van der Waals surface area contributed by atoms with Gasteiger partial charge in [-0.15, -0.1) is 0 Å². The highest BCUT2D eigenvalue weighted by molar-refractivity contribution is 6.31. The Kier molecular flexibility index (Phi) is 4.11. The zero-order valence-electron chi connectivity index (χ0n) is 10.8. The molecule has 1 atom stereocenters. The molecule has 1 aliphatic rings. The third-order valence-corrected chi connectivity index (χ3v) is 4.27. The first kappa shape index (κ1) is 12.9. The molecule has 0 heterocycles. The summed E-state index contributed by atoms with van der Waals surface area (Å²) in [5.41, 5.74) is 1.77. The minimum atomic E-state index is 0.494. The molecular formula is C15H22ClN. The highest BCUT2D eigenvalue weighted by atomic mass is 35.5. The molecule has 1 aromatic rings. The average molecular weight is 252 g/mol. The molecule has 0 radical (unpaired) electrons. The second kappa shape index (κ2) is 5.41. The van der Waals surface area contributed by atoms with Gasteiger partial charge in [0.05, 0.1) is 0 Å². The van der Waals surface area contributed by atoms with E-state index in [4.69, 9.17) is 11.6 Å². The summed E-state index contributed by atoms with van der Waals surface area (Å²) in [6.07, 6.45) is 4.93. The van der Waals surface area contributed by atoms with Crippen molar-refractivity contribution >= 4 is 11.6 Å². The fraction of sp³-hybridized carbons (Fsp3) is 0.600. The molecule has 2 rings (SSSR count). The monoisotopic (exact) mass is 251 g/mol. The Balaban J connectivity index is 2.05. The van der Waals surface area contributed by atoms with Crippen molar-refractivity contribution in [3.8, 4) is 0 Å². The molecule has 1 aliphatic carbocycles. The van der Waals surface area contributed by atoms with Crippen LogP contribution in [0.3, 0.4) is 0 Å². The van der Waals surface area contributed by atoms with Gasteiger partial charge in [0.1, 0.15) is 0 Å². The molecule has 1 nitrogen and oxygen atoms in total. The lowest BCUT2D eigenvalue weighted by Crippen LogP contribution is -2.38. The fourth-order valence-electron chi connectivity index (χ4n) is 2.31. The van der Waals surface area contributed by atoms with E-state index in [0.717, 1.165) is 18.0 Å². The third kappa shape index (κ3) is 3.23. The molecule has 1 saturated carbocycles. The van der Waals surface area contributed by atoms with Crippen molar-refractivity contribution in [1.29, 1.82) is 0 Å². The van der Waals surface area contributed by atoms with E-state index in [2.05, 4.69) is 31.3 Å². The molecule has 1 fully saturated rings. The maximum absolute atomic E-state index is 6.25. The minimum absolute atomic E-state index is 0.494. The topological polar surface area (TPSA) is 12.0 Å². The van der Waals surface area contributed by atoms with E-state index in [9.17, 15) is 0 Å². The van der Waals surface area contributed by atoms with Crippen LogP contribution in [0, 0.1) is 5.41 Å². The fourth-order valence-corrected chi connectivity index (χ4v) is 2.53. The van der Waals surface area contributed by atoms with Crippen LogP contribution in [-0.4, -0.2) is 12.6 Å². The van der Waals surface area contributed by atoms with Crippen molar-refractivity contribution in [3.63, 3.8) is 0 Å². The zero-order valence-corrected chi connectivity index (χ0v) is 11.6. The molecule has 94 valence electrons. The normalized spacial score (nSPS) is 19.0.